The largest absolute Gasteiger partial charge is 0.487 e. The number of amides is 1. The van der Waals surface area contributed by atoms with E-state index in [-0.39, 0.29) is 5.91 Å². The molecule has 4 rings (SSSR count). The minimum Gasteiger partial charge on any atom is -0.487 e. The fourth-order valence-electron chi connectivity index (χ4n) is 3.60. The van der Waals surface area contributed by atoms with Crippen LogP contribution in [0.25, 0.3) is 0 Å². The Morgan fingerprint density at radius 3 is 2.48 bits per heavy atom. The van der Waals surface area contributed by atoms with Crippen LogP contribution < -0.4 is 4.74 Å². The first-order chi connectivity index (χ1) is 15.0. The molecular formula is C23H24BrClN4O2. The second-order valence-electron chi connectivity index (χ2n) is 7.65. The normalized spacial score (nSPS) is 14.6. The Kier molecular flexibility index (Phi) is 6.95. The van der Waals surface area contributed by atoms with Gasteiger partial charge in [0.25, 0.3) is 5.91 Å². The molecule has 2 heterocycles. The van der Waals surface area contributed by atoms with Crippen molar-refractivity contribution in [2.24, 2.45) is 7.05 Å². The van der Waals surface area contributed by atoms with Gasteiger partial charge in [-0.3, -0.25) is 14.4 Å². The van der Waals surface area contributed by atoms with Crippen LogP contribution in [0.5, 0.6) is 5.75 Å². The van der Waals surface area contributed by atoms with Gasteiger partial charge in [0.05, 0.1) is 11.2 Å². The van der Waals surface area contributed by atoms with Crippen LogP contribution in [0.1, 0.15) is 21.5 Å². The summed E-state index contributed by atoms with van der Waals surface area (Å²) in [5.41, 5.74) is 2.88. The number of benzene rings is 2. The van der Waals surface area contributed by atoms with E-state index in [2.05, 4.69) is 25.9 Å². The van der Waals surface area contributed by atoms with Crippen molar-refractivity contribution in [2.45, 2.75) is 13.2 Å². The third kappa shape index (κ3) is 5.67. The first-order valence-corrected chi connectivity index (χ1v) is 11.3. The van der Waals surface area contributed by atoms with E-state index in [0.717, 1.165) is 42.8 Å². The molecule has 1 saturated heterocycles. The number of hydrogen-bond acceptors (Lipinski definition) is 4. The molecule has 1 amide bonds. The Bertz CT molecular complexity index is 1050. The Hall–Kier alpha value is -2.35. The van der Waals surface area contributed by atoms with Crippen molar-refractivity contribution in [2.75, 3.05) is 26.2 Å². The highest BCUT2D eigenvalue weighted by atomic mass is 79.9. The Labute approximate surface area is 195 Å². The molecular weight excluding hydrogens is 480 g/mol. The summed E-state index contributed by atoms with van der Waals surface area (Å²) in [6.07, 6.45) is 3.93. The Balaban J connectivity index is 1.28. The van der Waals surface area contributed by atoms with Gasteiger partial charge in [0.2, 0.25) is 0 Å². The SMILES string of the molecule is Cn1cc(CN2CCN(C(=O)c3ccc(COc4ccc(Br)cc4Cl)cc3)CC2)cn1. The van der Waals surface area contributed by atoms with Gasteiger partial charge in [-0.2, -0.15) is 5.10 Å². The number of ether oxygens (including phenoxy) is 1. The van der Waals surface area contributed by atoms with Crippen molar-refractivity contribution in [3.05, 3.63) is 81.0 Å². The van der Waals surface area contributed by atoms with Gasteiger partial charge in [0, 0.05) is 61.6 Å². The zero-order valence-electron chi connectivity index (χ0n) is 17.3. The summed E-state index contributed by atoms with van der Waals surface area (Å²) in [7, 11) is 1.92. The average molecular weight is 504 g/mol. The van der Waals surface area contributed by atoms with Crippen molar-refractivity contribution in [3.63, 3.8) is 0 Å². The third-order valence-corrected chi connectivity index (χ3v) is 6.10. The number of aromatic nitrogens is 2. The molecule has 162 valence electrons. The van der Waals surface area contributed by atoms with Crippen LogP contribution in [-0.2, 0) is 20.2 Å². The molecule has 0 atom stereocenters. The quantitative estimate of drug-likeness (QED) is 0.501. The second kappa shape index (κ2) is 9.85. The van der Waals surface area contributed by atoms with Gasteiger partial charge in [-0.05, 0) is 35.9 Å². The van der Waals surface area contributed by atoms with Crippen LogP contribution in [0, 0.1) is 0 Å². The molecule has 1 aliphatic rings. The number of aryl methyl sites for hydroxylation is 1. The van der Waals surface area contributed by atoms with E-state index in [1.807, 2.05) is 65.4 Å². The van der Waals surface area contributed by atoms with Crippen molar-refractivity contribution in [3.8, 4) is 5.75 Å². The summed E-state index contributed by atoms with van der Waals surface area (Å²) in [5, 5.41) is 4.78. The smallest absolute Gasteiger partial charge is 0.253 e. The van der Waals surface area contributed by atoms with Crippen LogP contribution in [0.15, 0.2) is 59.3 Å². The molecule has 0 spiro atoms. The van der Waals surface area contributed by atoms with E-state index in [4.69, 9.17) is 16.3 Å². The maximum absolute atomic E-state index is 12.9. The monoisotopic (exact) mass is 502 g/mol. The average Bonchev–Trinajstić information content (AvgIpc) is 3.18. The highest BCUT2D eigenvalue weighted by Gasteiger charge is 2.22. The van der Waals surface area contributed by atoms with Gasteiger partial charge in [-0.1, -0.05) is 39.7 Å². The number of carbonyl (C=O) groups excluding carboxylic acids is 1. The van der Waals surface area contributed by atoms with E-state index in [0.29, 0.717) is 22.9 Å². The van der Waals surface area contributed by atoms with Crippen LogP contribution >= 0.6 is 27.5 Å². The van der Waals surface area contributed by atoms with Gasteiger partial charge in [-0.15, -0.1) is 0 Å². The number of hydrogen-bond donors (Lipinski definition) is 0. The summed E-state index contributed by atoms with van der Waals surface area (Å²) < 4.78 is 8.52. The molecule has 0 saturated carbocycles. The van der Waals surface area contributed by atoms with Crippen molar-refractivity contribution < 1.29 is 9.53 Å². The predicted molar refractivity (Wildman–Crippen MR) is 124 cm³/mol. The Morgan fingerprint density at radius 1 is 1.10 bits per heavy atom. The van der Waals surface area contributed by atoms with Crippen LogP contribution in [0.4, 0.5) is 0 Å². The molecule has 6 nitrogen and oxygen atoms in total. The molecule has 0 bridgehead atoms. The highest BCUT2D eigenvalue weighted by molar-refractivity contribution is 9.10. The molecule has 0 N–H and O–H groups in total. The maximum atomic E-state index is 12.9. The fraction of sp³-hybridized carbons (Fsp3) is 0.304. The molecule has 3 aromatic rings. The number of halogens is 2. The van der Waals surface area contributed by atoms with Crippen molar-refractivity contribution in [1.82, 2.24) is 19.6 Å². The molecule has 0 radical (unpaired) electrons. The zero-order chi connectivity index (χ0) is 21.8. The lowest BCUT2D eigenvalue weighted by atomic mass is 10.1. The van der Waals surface area contributed by atoms with Crippen LogP contribution in [-0.4, -0.2) is 51.7 Å². The van der Waals surface area contributed by atoms with Crippen LogP contribution in [0.3, 0.4) is 0 Å². The Morgan fingerprint density at radius 2 is 1.84 bits per heavy atom. The molecule has 1 aliphatic heterocycles. The number of nitrogens with zero attached hydrogens (tertiary/aromatic N) is 4. The van der Waals surface area contributed by atoms with E-state index in [1.54, 1.807) is 6.07 Å². The third-order valence-electron chi connectivity index (χ3n) is 5.31. The summed E-state index contributed by atoms with van der Waals surface area (Å²) in [5.74, 6) is 0.707. The summed E-state index contributed by atoms with van der Waals surface area (Å²) in [6.45, 7) is 4.44. The van der Waals surface area contributed by atoms with Gasteiger partial charge in [0.15, 0.2) is 0 Å². The lowest BCUT2D eigenvalue weighted by Crippen LogP contribution is -2.48. The lowest BCUT2D eigenvalue weighted by Gasteiger charge is -2.34. The van der Waals surface area contributed by atoms with E-state index in [9.17, 15) is 4.79 Å². The van der Waals surface area contributed by atoms with Crippen LogP contribution in [0.2, 0.25) is 5.02 Å². The standard InChI is InChI=1S/C23H24BrClN4O2/c1-27-14-18(13-26-27)15-28-8-10-29(11-9-28)23(30)19-4-2-17(3-5-19)16-31-22-7-6-20(24)12-21(22)25/h2-7,12-14H,8-11,15-16H2,1H3. The summed E-state index contributed by atoms with van der Waals surface area (Å²) in [6, 6.07) is 13.1. The van der Waals surface area contributed by atoms with Gasteiger partial charge < -0.3 is 9.64 Å². The minimum atomic E-state index is 0.0736. The van der Waals surface area contributed by atoms with Crippen molar-refractivity contribution in [1.29, 1.82) is 0 Å². The van der Waals surface area contributed by atoms with E-state index in [1.165, 1.54) is 5.56 Å². The highest BCUT2D eigenvalue weighted by Crippen LogP contribution is 2.28. The molecule has 8 heteroatoms. The van der Waals surface area contributed by atoms with Gasteiger partial charge in [0.1, 0.15) is 12.4 Å². The fourth-order valence-corrected chi connectivity index (χ4v) is 4.33. The molecule has 31 heavy (non-hydrogen) atoms. The number of piperazine rings is 1. The molecule has 0 aliphatic carbocycles. The topological polar surface area (TPSA) is 50.6 Å². The molecule has 1 fully saturated rings. The van der Waals surface area contributed by atoms with Gasteiger partial charge >= 0.3 is 0 Å². The summed E-state index contributed by atoms with van der Waals surface area (Å²) in [4.78, 5) is 17.2. The predicted octanol–water partition coefficient (Wildman–Crippen LogP) is 4.37. The van der Waals surface area contributed by atoms with E-state index >= 15 is 0 Å². The molecule has 1 aromatic heterocycles. The minimum absolute atomic E-state index is 0.0736. The zero-order valence-corrected chi connectivity index (χ0v) is 19.6. The lowest BCUT2D eigenvalue weighted by molar-refractivity contribution is 0.0628. The van der Waals surface area contributed by atoms with Gasteiger partial charge in [-0.25, -0.2) is 0 Å². The molecule has 2 aromatic carbocycles. The number of rotatable bonds is 6. The first-order valence-electron chi connectivity index (χ1n) is 10.1. The maximum Gasteiger partial charge on any atom is 0.253 e. The van der Waals surface area contributed by atoms with E-state index < -0.39 is 0 Å². The van der Waals surface area contributed by atoms with Crippen molar-refractivity contribution >= 4 is 33.4 Å². The second-order valence-corrected chi connectivity index (χ2v) is 8.97. The summed E-state index contributed by atoms with van der Waals surface area (Å²) >= 11 is 9.58. The number of carbonyl (C=O) groups is 1. The first kappa shape index (κ1) is 21.9. The molecule has 0 unspecified atom stereocenters.